The topological polar surface area (TPSA) is 59.8 Å². The van der Waals surface area contributed by atoms with E-state index in [0.717, 1.165) is 42.4 Å². The molecule has 6 heteroatoms. The molecule has 0 aliphatic heterocycles. The van der Waals surface area contributed by atoms with Crippen molar-refractivity contribution >= 4 is 17.7 Å². The molecular formula is C19H26N4OS. The molecule has 0 aliphatic rings. The van der Waals surface area contributed by atoms with E-state index >= 15 is 0 Å². The molecule has 1 heterocycles. The maximum absolute atomic E-state index is 12.0. The van der Waals surface area contributed by atoms with Gasteiger partial charge in [0.25, 0.3) is 0 Å². The maximum Gasteiger partial charge on any atom is 0.230 e. The van der Waals surface area contributed by atoms with E-state index in [9.17, 15) is 4.79 Å². The predicted molar refractivity (Wildman–Crippen MR) is 104 cm³/mol. The fraction of sp³-hybridized carbons (Fsp3) is 0.421. The van der Waals surface area contributed by atoms with Crippen LogP contribution in [0.5, 0.6) is 0 Å². The Balaban J connectivity index is 2.03. The van der Waals surface area contributed by atoms with Crippen molar-refractivity contribution in [3.05, 3.63) is 42.5 Å². The summed E-state index contributed by atoms with van der Waals surface area (Å²) in [5.74, 6) is 1.18. The van der Waals surface area contributed by atoms with Crippen molar-refractivity contribution in [3.63, 3.8) is 0 Å². The smallest absolute Gasteiger partial charge is 0.230 e. The van der Waals surface area contributed by atoms with Crippen LogP contribution in [-0.4, -0.2) is 33.0 Å². The lowest BCUT2D eigenvalue weighted by molar-refractivity contribution is -0.118. The maximum atomic E-state index is 12.0. The van der Waals surface area contributed by atoms with Crippen LogP contribution in [-0.2, 0) is 11.3 Å². The number of nitrogens with one attached hydrogen (secondary N) is 1. The number of rotatable bonds is 10. The summed E-state index contributed by atoms with van der Waals surface area (Å²) in [4.78, 5) is 12.0. The van der Waals surface area contributed by atoms with Gasteiger partial charge in [-0.15, -0.1) is 16.8 Å². The molecule has 0 fully saturated rings. The highest BCUT2D eigenvalue weighted by Crippen LogP contribution is 2.24. The Bertz CT molecular complexity index is 711. The van der Waals surface area contributed by atoms with E-state index in [2.05, 4.69) is 48.1 Å². The van der Waals surface area contributed by atoms with Gasteiger partial charge in [0, 0.05) is 18.7 Å². The van der Waals surface area contributed by atoms with Gasteiger partial charge in [0.1, 0.15) is 0 Å². The van der Waals surface area contributed by atoms with E-state index in [1.807, 2.05) is 22.8 Å². The monoisotopic (exact) mass is 358 g/mol. The van der Waals surface area contributed by atoms with E-state index < -0.39 is 0 Å². The number of allylic oxidation sites excluding steroid dienone is 1. The SMILES string of the molecule is C=CCn1c(SCC(=O)NCCCCC)nnc1-c1cccc(C)c1. The van der Waals surface area contributed by atoms with Crippen LogP contribution < -0.4 is 5.32 Å². The van der Waals surface area contributed by atoms with Gasteiger partial charge in [-0.2, -0.15) is 0 Å². The van der Waals surface area contributed by atoms with Crippen LogP contribution in [0.15, 0.2) is 42.1 Å². The van der Waals surface area contributed by atoms with Crippen molar-refractivity contribution in [2.24, 2.45) is 0 Å². The number of hydrogen-bond donors (Lipinski definition) is 1. The minimum absolute atomic E-state index is 0.0337. The molecule has 0 atom stereocenters. The Labute approximate surface area is 153 Å². The number of nitrogens with zero attached hydrogens (tertiary/aromatic N) is 3. The summed E-state index contributed by atoms with van der Waals surface area (Å²) in [6.45, 7) is 9.36. The zero-order chi connectivity index (χ0) is 18.1. The number of carbonyl (C=O) groups is 1. The van der Waals surface area contributed by atoms with Gasteiger partial charge < -0.3 is 5.32 Å². The van der Waals surface area contributed by atoms with Crippen molar-refractivity contribution in [1.29, 1.82) is 0 Å². The summed E-state index contributed by atoms with van der Waals surface area (Å²) < 4.78 is 2.00. The average Bonchev–Trinajstić information content (AvgIpc) is 3.00. The van der Waals surface area contributed by atoms with Crippen molar-refractivity contribution in [3.8, 4) is 11.4 Å². The molecule has 1 amide bonds. The predicted octanol–water partition coefficient (Wildman–Crippen LogP) is 3.84. The van der Waals surface area contributed by atoms with Crippen LogP contribution >= 0.6 is 11.8 Å². The van der Waals surface area contributed by atoms with Gasteiger partial charge in [0.2, 0.25) is 5.91 Å². The molecule has 0 unspecified atom stereocenters. The van der Waals surface area contributed by atoms with Crippen molar-refractivity contribution in [2.75, 3.05) is 12.3 Å². The van der Waals surface area contributed by atoms with Crippen LogP contribution in [0.4, 0.5) is 0 Å². The first kappa shape index (κ1) is 19.2. The second-order valence-electron chi connectivity index (χ2n) is 5.92. The Kier molecular flexibility index (Phi) is 7.73. The Morgan fingerprint density at radius 3 is 2.92 bits per heavy atom. The van der Waals surface area contributed by atoms with Crippen LogP contribution in [0.1, 0.15) is 31.7 Å². The first-order valence-corrected chi connectivity index (χ1v) is 9.65. The largest absolute Gasteiger partial charge is 0.355 e. The van der Waals surface area contributed by atoms with Crippen LogP contribution in [0.3, 0.4) is 0 Å². The Hall–Kier alpha value is -2.08. The minimum atomic E-state index is 0.0337. The molecule has 5 nitrogen and oxygen atoms in total. The standard InChI is InChI=1S/C19H26N4OS/c1-4-6-7-11-20-17(24)14-25-19-22-21-18(23(19)12-5-2)16-10-8-9-15(3)13-16/h5,8-10,13H,2,4,6-7,11-12,14H2,1,3H3,(H,20,24). The molecule has 2 rings (SSSR count). The van der Waals surface area contributed by atoms with Gasteiger partial charge in [-0.25, -0.2) is 0 Å². The normalized spacial score (nSPS) is 10.6. The van der Waals surface area contributed by atoms with Gasteiger partial charge in [-0.3, -0.25) is 9.36 Å². The summed E-state index contributed by atoms with van der Waals surface area (Å²) >= 11 is 1.41. The second kappa shape index (κ2) is 10.0. The molecule has 0 radical (unpaired) electrons. The molecule has 2 aromatic rings. The Morgan fingerprint density at radius 2 is 2.20 bits per heavy atom. The third-order valence-electron chi connectivity index (χ3n) is 3.74. The van der Waals surface area contributed by atoms with E-state index in [-0.39, 0.29) is 5.91 Å². The molecule has 1 aromatic heterocycles. The quantitative estimate of drug-likeness (QED) is 0.398. The number of amides is 1. The minimum Gasteiger partial charge on any atom is -0.355 e. The molecule has 0 aliphatic carbocycles. The molecule has 134 valence electrons. The number of thioether (sulfide) groups is 1. The third-order valence-corrected chi connectivity index (χ3v) is 4.71. The number of hydrogen-bond acceptors (Lipinski definition) is 4. The molecule has 1 aromatic carbocycles. The zero-order valence-electron chi connectivity index (χ0n) is 15.0. The first-order valence-electron chi connectivity index (χ1n) is 8.66. The Morgan fingerprint density at radius 1 is 1.36 bits per heavy atom. The lowest BCUT2D eigenvalue weighted by Gasteiger charge is -2.08. The van der Waals surface area contributed by atoms with Gasteiger partial charge in [-0.1, -0.05) is 61.4 Å². The highest BCUT2D eigenvalue weighted by Gasteiger charge is 2.14. The van der Waals surface area contributed by atoms with Gasteiger partial charge in [-0.05, 0) is 19.4 Å². The fourth-order valence-electron chi connectivity index (χ4n) is 2.47. The highest BCUT2D eigenvalue weighted by molar-refractivity contribution is 7.99. The summed E-state index contributed by atoms with van der Waals surface area (Å²) in [7, 11) is 0. The van der Waals surface area contributed by atoms with E-state index in [1.165, 1.54) is 17.3 Å². The number of benzene rings is 1. The van der Waals surface area contributed by atoms with E-state index in [1.54, 1.807) is 0 Å². The van der Waals surface area contributed by atoms with Gasteiger partial charge in [0.05, 0.1) is 5.75 Å². The van der Waals surface area contributed by atoms with Crippen molar-refractivity contribution in [1.82, 2.24) is 20.1 Å². The molecule has 25 heavy (non-hydrogen) atoms. The van der Waals surface area contributed by atoms with E-state index in [0.29, 0.717) is 12.3 Å². The molecular weight excluding hydrogens is 332 g/mol. The number of aromatic nitrogens is 3. The molecule has 1 N–H and O–H groups in total. The second-order valence-corrected chi connectivity index (χ2v) is 6.86. The third kappa shape index (κ3) is 5.74. The number of unbranched alkanes of at least 4 members (excludes halogenated alkanes) is 2. The molecule has 0 saturated carbocycles. The van der Waals surface area contributed by atoms with Crippen LogP contribution in [0, 0.1) is 6.92 Å². The van der Waals surface area contributed by atoms with Gasteiger partial charge in [0.15, 0.2) is 11.0 Å². The van der Waals surface area contributed by atoms with Gasteiger partial charge >= 0.3 is 0 Å². The zero-order valence-corrected chi connectivity index (χ0v) is 15.8. The number of aryl methyl sites for hydroxylation is 1. The molecule has 0 bridgehead atoms. The average molecular weight is 359 g/mol. The molecule has 0 spiro atoms. The summed E-state index contributed by atoms with van der Waals surface area (Å²) in [5, 5.41) is 12.3. The van der Waals surface area contributed by atoms with Crippen LogP contribution in [0.25, 0.3) is 11.4 Å². The van der Waals surface area contributed by atoms with E-state index in [4.69, 9.17) is 0 Å². The van der Waals surface area contributed by atoms with Crippen LogP contribution in [0.2, 0.25) is 0 Å². The summed E-state index contributed by atoms with van der Waals surface area (Å²) in [6.07, 6.45) is 5.13. The van der Waals surface area contributed by atoms with Crippen molar-refractivity contribution in [2.45, 2.75) is 44.8 Å². The fourth-order valence-corrected chi connectivity index (χ4v) is 3.25. The highest BCUT2D eigenvalue weighted by atomic mass is 32.2. The number of carbonyl (C=O) groups excluding carboxylic acids is 1. The molecule has 0 saturated heterocycles. The lowest BCUT2D eigenvalue weighted by Crippen LogP contribution is -2.26. The first-order chi connectivity index (χ1) is 12.2. The van der Waals surface area contributed by atoms with Crippen molar-refractivity contribution < 1.29 is 4.79 Å². The summed E-state index contributed by atoms with van der Waals surface area (Å²) in [6, 6.07) is 8.16. The lowest BCUT2D eigenvalue weighted by atomic mass is 10.1. The summed E-state index contributed by atoms with van der Waals surface area (Å²) in [5.41, 5.74) is 2.19.